The minimum atomic E-state index is -0.718. The van der Waals surface area contributed by atoms with Crippen molar-refractivity contribution in [1.29, 1.82) is 0 Å². The SMILES string of the molecule is CCCCC/C=C\C/C=C\C/C=C\C[C@H]1O[C@H]1CCCC(=O)O. The maximum Gasteiger partial charge on any atom is 0.303 e. The highest BCUT2D eigenvalue weighted by Crippen LogP contribution is 2.30. The molecule has 0 aromatic rings. The minimum absolute atomic E-state index is 0.250. The van der Waals surface area contributed by atoms with Gasteiger partial charge in [0.1, 0.15) is 0 Å². The van der Waals surface area contributed by atoms with Crippen LogP contribution in [0.4, 0.5) is 0 Å². The van der Waals surface area contributed by atoms with Crippen LogP contribution in [-0.4, -0.2) is 23.3 Å². The molecule has 0 amide bonds. The maximum atomic E-state index is 10.4. The Morgan fingerprint density at radius 3 is 2.35 bits per heavy atom. The van der Waals surface area contributed by atoms with Crippen molar-refractivity contribution in [2.45, 2.75) is 83.3 Å². The number of hydrogen-bond acceptors (Lipinski definition) is 2. The lowest BCUT2D eigenvalue weighted by Crippen LogP contribution is -1.97. The van der Waals surface area contributed by atoms with Gasteiger partial charge in [-0.3, -0.25) is 4.79 Å². The number of hydrogen-bond donors (Lipinski definition) is 1. The van der Waals surface area contributed by atoms with E-state index in [4.69, 9.17) is 9.84 Å². The Kier molecular flexibility index (Phi) is 11.2. The Balaban J connectivity index is 1.91. The van der Waals surface area contributed by atoms with Gasteiger partial charge in [-0.1, -0.05) is 56.2 Å². The van der Waals surface area contributed by atoms with Crippen molar-refractivity contribution in [3.8, 4) is 0 Å². The molecule has 1 aliphatic rings. The molecule has 1 N–H and O–H groups in total. The van der Waals surface area contributed by atoms with Gasteiger partial charge in [0.25, 0.3) is 0 Å². The summed E-state index contributed by atoms with van der Waals surface area (Å²) < 4.78 is 5.53. The van der Waals surface area contributed by atoms with Crippen LogP contribution in [0.2, 0.25) is 0 Å². The van der Waals surface area contributed by atoms with E-state index in [0.29, 0.717) is 6.10 Å². The molecular formula is C20H32O3. The van der Waals surface area contributed by atoms with E-state index in [1.165, 1.54) is 25.7 Å². The Morgan fingerprint density at radius 1 is 0.957 bits per heavy atom. The molecule has 0 saturated carbocycles. The predicted molar refractivity (Wildman–Crippen MR) is 95.6 cm³/mol. The molecule has 0 spiro atoms. The lowest BCUT2D eigenvalue weighted by atomic mass is 10.1. The fourth-order valence-electron chi connectivity index (χ4n) is 2.50. The van der Waals surface area contributed by atoms with Gasteiger partial charge in [-0.25, -0.2) is 0 Å². The van der Waals surface area contributed by atoms with E-state index in [9.17, 15) is 4.79 Å². The molecule has 0 bridgehead atoms. The number of allylic oxidation sites excluding steroid dienone is 5. The second kappa shape index (κ2) is 13.1. The summed E-state index contributed by atoms with van der Waals surface area (Å²) in [6, 6.07) is 0. The second-order valence-electron chi connectivity index (χ2n) is 6.12. The molecule has 0 aromatic heterocycles. The van der Waals surface area contributed by atoms with Gasteiger partial charge in [0.15, 0.2) is 0 Å². The summed E-state index contributed by atoms with van der Waals surface area (Å²) in [6.07, 6.45) is 23.8. The van der Waals surface area contributed by atoms with Crippen LogP contribution >= 0.6 is 0 Å². The molecule has 1 aliphatic heterocycles. The van der Waals surface area contributed by atoms with Crippen molar-refractivity contribution >= 4 is 5.97 Å². The maximum absolute atomic E-state index is 10.4. The first kappa shape index (κ1) is 19.7. The monoisotopic (exact) mass is 320 g/mol. The number of carboxylic acids is 1. The lowest BCUT2D eigenvalue weighted by Gasteiger charge is -1.92. The molecule has 130 valence electrons. The van der Waals surface area contributed by atoms with Crippen molar-refractivity contribution in [2.24, 2.45) is 0 Å². The lowest BCUT2D eigenvalue weighted by molar-refractivity contribution is -0.137. The van der Waals surface area contributed by atoms with E-state index in [0.717, 1.165) is 32.1 Å². The molecule has 1 heterocycles. The van der Waals surface area contributed by atoms with E-state index in [1.807, 2.05) is 0 Å². The van der Waals surface area contributed by atoms with Gasteiger partial charge in [0.05, 0.1) is 12.2 Å². The number of rotatable bonds is 14. The normalized spacial score (nSPS) is 20.9. The standard InChI is InChI=1S/C20H32O3/c1-2-3-4-5-6-7-8-9-10-11-12-13-15-18-19(23-18)16-14-17-20(21)22/h6-7,9-10,12-13,18-19H,2-5,8,11,14-17H2,1H3,(H,21,22)/b7-6-,10-9-,13-12-/t18-,19+/m1/s1. The summed E-state index contributed by atoms with van der Waals surface area (Å²) in [5.74, 6) is -0.718. The van der Waals surface area contributed by atoms with Crippen molar-refractivity contribution in [2.75, 3.05) is 0 Å². The molecule has 23 heavy (non-hydrogen) atoms. The molecule has 2 atom stereocenters. The van der Waals surface area contributed by atoms with Crippen LogP contribution < -0.4 is 0 Å². The van der Waals surface area contributed by atoms with E-state index in [1.54, 1.807) is 0 Å². The van der Waals surface area contributed by atoms with Crippen LogP contribution in [-0.2, 0) is 9.53 Å². The highest BCUT2D eigenvalue weighted by Gasteiger charge is 2.36. The Hall–Kier alpha value is -1.35. The van der Waals surface area contributed by atoms with Gasteiger partial charge in [-0.2, -0.15) is 0 Å². The Labute approximate surface area is 141 Å². The zero-order valence-corrected chi connectivity index (χ0v) is 14.5. The van der Waals surface area contributed by atoms with Crippen LogP contribution in [0.25, 0.3) is 0 Å². The first-order valence-electron chi connectivity index (χ1n) is 9.06. The second-order valence-corrected chi connectivity index (χ2v) is 6.12. The summed E-state index contributed by atoms with van der Waals surface area (Å²) in [5.41, 5.74) is 0. The number of epoxide rings is 1. The Bertz CT molecular complexity index is 396. The van der Waals surface area contributed by atoms with Gasteiger partial charge in [-0.05, 0) is 44.9 Å². The van der Waals surface area contributed by atoms with E-state index >= 15 is 0 Å². The molecular weight excluding hydrogens is 288 g/mol. The fraction of sp³-hybridized carbons (Fsp3) is 0.650. The third-order valence-electron chi connectivity index (χ3n) is 3.95. The summed E-state index contributed by atoms with van der Waals surface area (Å²) in [6.45, 7) is 2.23. The van der Waals surface area contributed by atoms with Gasteiger partial charge < -0.3 is 9.84 Å². The van der Waals surface area contributed by atoms with Gasteiger partial charge in [-0.15, -0.1) is 0 Å². The summed E-state index contributed by atoms with van der Waals surface area (Å²) in [5, 5.41) is 8.58. The largest absolute Gasteiger partial charge is 0.481 e. The average molecular weight is 320 g/mol. The first-order chi connectivity index (χ1) is 11.2. The van der Waals surface area contributed by atoms with E-state index in [2.05, 4.69) is 43.4 Å². The minimum Gasteiger partial charge on any atom is -0.481 e. The number of aliphatic carboxylic acids is 1. The first-order valence-corrected chi connectivity index (χ1v) is 9.06. The topological polar surface area (TPSA) is 49.8 Å². The summed E-state index contributed by atoms with van der Waals surface area (Å²) >= 11 is 0. The number of carboxylic acid groups (broad SMARTS) is 1. The van der Waals surface area contributed by atoms with Crippen molar-refractivity contribution < 1.29 is 14.6 Å². The number of unbranched alkanes of at least 4 members (excludes halogenated alkanes) is 3. The van der Waals surface area contributed by atoms with Crippen LogP contribution in [0.5, 0.6) is 0 Å². The number of ether oxygens (including phenoxy) is 1. The van der Waals surface area contributed by atoms with Crippen molar-refractivity contribution in [3.63, 3.8) is 0 Å². The average Bonchev–Trinajstić information content (AvgIpc) is 3.26. The fourth-order valence-corrected chi connectivity index (χ4v) is 2.50. The van der Waals surface area contributed by atoms with Gasteiger partial charge in [0.2, 0.25) is 0 Å². The highest BCUT2D eigenvalue weighted by atomic mass is 16.6. The van der Waals surface area contributed by atoms with Gasteiger partial charge >= 0.3 is 5.97 Å². The molecule has 0 unspecified atom stereocenters. The molecule has 0 aromatic carbocycles. The van der Waals surface area contributed by atoms with Gasteiger partial charge in [0, 0.05) is 6.42 Å². The molecule has 0 aliphatic carbocycles. The predicted octanol–water partition coefficient (Wildman–Crippen LogP) is 5.43. The number of carbonyl (C=O) groups is 1. The molecule has 1 saturated heterocycles. The third-order valence-corrected chi connectivity index (χ3v) is 3.95. The van der Waals surface area contributed by atoms with Crippen LogP contribution in [0.3, 0.4) is 0 Å². The van der Waals surface area contributed by atoms with Crippen molar-refractivity contribution in [3.05, 3.63) is 36.5 Å². The van der Waals surface area contributed by atoms with Crippen molar-refractivity contribution in [1.82, 2.24) is 0 Å². The zero-order valence-electron chi connectivity index (χ0n) is 14.5. The third kappa shape index (κ3) is 11.8. The highest BCUT2D eigenvalue weighted by molar-refractivity contribution is 5.66. The zero-order chi connectivity index (χ0) is 16.8. The van der Waals surface area contributed by atoms with Crippen LogP contribution in [0.15, 0.2) is 36.5 Å². The molecule has 0 radical (unpaired) electrons. The summed E-state index contributed by atoms with van der Waals surface area (Å²) in [4.78, 5) is 10.4. The van der Waals surface area contributed by atoms with Crippen LogP contribution in [0.1, 0.15) is 71.1 Å². The Morgan fingerprint density at radius 2 is 1.65 bits per heavy atom. The quantitative estimate of drug-likeness (QED) is 0.264. The molecule has 3 nitrogen and oxygen atoms in total. The van der Waals surface area contributed by atoms with E-state index < -0.39 is 5.97 Å². The molecule has 1 fully saturated rings. The van der Waals surface area contributed by atoms with E-state index in [-0.39, 0.29) is 12.5 Å². The molecule has 1 rings (SSSR count). The molecule has 3 heteroatoms. The van der Waals surface area contributed by atoms with Crippen LogP contribution in [0, 0.1) is 0 Å². The summed E-state index contributed by atoms with van der Waals surface area (Å²) in [7, 11) is 0. The smallest absolute Gasteiger partial charge is 0.303 e.